The summed E-state index contributed by atoms with van der Waals surface area (Å²) in [6.45, 7) is 17.0. The van der Waals surface area contributed by atoms with Crippen LogP contribution in [0.25, 0.3) is 0 Å². The van der Waals surface area contributed by atoms with Gasteiger partial charge in [0.05, 0.1) is 105 Å². The van der Waals surface area contributed by atoms with Crippen LogP contribution >= 0.6 is 0 Å². The summed E-state index contributed by atoms with van der Waals surface area (Å²) in [7, 11) is 0. The van der Waals surface area contributed by atoms with Gasteiger partial charge in [-0.1, -0.05) is 13.5 Å². The highest BCUT2D eigenvalue weighted by Gasteiger charge is 2.02. The Bertz CT molecular complexity index is 461. The van der Waals surface area contributed by atoms with Gasteiger partial charge in [0.15, 0.2) is 0 Å². The second-order valence-electron chi connectivity index (χ2n) is 7.29. The van der Waals surface area contributed by atoms with E-state index in [-0.39, 0.29) is 12.7 Å². The number of esters is 1. The van der Waals surface area contributed by atoms with Crippen LogP contribution in [0.1, 0.15) is 27.2 Å². The lowest BCUT2D eigenvalue weighted by Gasteiger charge is -2.11. The molecule has 0 aromatic rings. The monoisotopic (exact) mass is 494 g/mol. The van der Waals surface area contributed by atoms with Crippen LogP contribution in [0.2, 0.25) is 0 Å². The van der Waals surface area contributed by atoms with E-state index in [0.717, 1.165) is 6.42 Å². The van der Waals surface area contributed by atoms with E-state index in [9.17, 15) is 4.79 Å². The molecule has 0 N–H and O–H groups in total. The highest BCUT2D eigenvalue weighted by atomic mass is 16.6. The van der Waals surface area contributed by atoms with Crippen molar-refractivity contribution in [3.8, 4) is 0 Å². The van der Waals surface area contributed by atoms with E-state index in [1.807, 2.05) is 0 Å². The standard InChI is InChI=1S/C24H46O10/c1-5-23(4)33-20-18-31-16-14-29-12-10-27-8-6-26-7-9-28-11-13-30-15-17-32-19-21-34-24(25)22(2)3/h23H,2,5-21H2,1,3-4H3. The van der Waals surface area contributed by atoms with Gasteiger partial charge in [0.1, 0.15) is 6.61 Å². The molecule has 0 radical (unpaired) electrons. The molecule has 34 heavy (non-hydrogen) atoms. The third-order valence-electron chi connectivity index (χ3n) is 4.25. The average Bonchev–Trinajstić information content (AvgIpc) is 2.83. The van der Waals surface area contributed by atoms with E-state index < -0.39 is 5.97 Å². The summed E-state index contributed by atoms with van der Waals surface area (Å²) in [5.41, 5.74) is 0.375. The molecule has 0 heterocycles. The SMILES string of the molecule is C=C(C)C(=O)OCCOCCOCCOCCOCCOCCOCCOCCOC(C)CC. The Morgan fingerprint density at radius 1 is 0.588 bits per heavy atom. The fraction of sp³-hybridized carbons (Fsp3) is 0.875. The van der Waals surface area contributed by atoms with Crippen molar-refractivity contribution in [3.05, 3.63) is 12.2 Å². The molecule has 0 saturated heterocycles. The van der Waals surface area contributed by atoms with Gasteiger partial charge in [-0.25, -0.2) is 4.79 Å². The largest absolute Gasteiger partial charge is 0.460 e. The van der Waals surface area contributed by atoms with Crippen LogP contribution in [0.15, 0.2) is 12.2 Å². The maximum Gasteiger partial charge on any atom is 0.333 e. The van der Waals surface area contributed by atoms with E-state index in [1.54, 1.807) is 6.92 Å². The minimum absolute atomic E-state index is 0.207. The molecule has 202 valence electrons. The number of hydrogen-bond acceptors (Lipinski definition) is 10. The number of carbonyl (C=O) groups is 1. The first-order chi connectivity index (χ1) is 16.6. The van der Waals surface area contributed by atoms with Crippen molar-refractivity contribution in [1.29, 1.82) is 0 Å². The molecule has 0 aromatic carbocycles. The lowest BCUT2D eigenvalue weighted by Crippen LogP contribution is -2.16. The summed E-state index contributed by atoms with van der Waals surface area (Å²) in [6.07, 6.45) is 1.29. The van der Waals surface area contributed by atoms with Crippen LogP contribution in [0.3, 0.4) is 0 Å². The zero-order chi connectivity index (χ0) is 25.1. The normalized spacial score (nSPS) is 12.1. The Labute approximate surface area is 205 Å². The minimum atomic E-state index is -0.407. The minimum Gasteiger partial charge on any atom is -0.460 e. The van der Waals surface area contributed by atoms with Crippen LogP contribution in [-0.4, -0.2) is 118 Å². The molecule has 0 bridgehead atoms. The molecule has 0 aliphatic rings. The van der Waals surface area contributed by atoms with Crippen molar-refractivity contribution >= 4 is 5.97 Å². The first-order valence-electron chi connectivity index (χ1n) is 12.1. The molecule has 1 unspecified atom stereocenters. The number of rotatable bonds is 27. The molecule has 0 aromatic heterocycles. The predicted molar refractivity (Wildman–Crippen MR) is 127 cm³/mol. The summed E-state index contributed by atoms with van der Waals surface area (Å²) < 4.78 is 48.2. The first kappa shape index (κ1) is 32.9. The number of ether oxygens (including phenoxy) is 9. The topological polar surface area (TPSA) is 100 Å². The number of hydrogen-bond donors (Lipinski definition) is 0. The highest BCUT2D eigenvalue weighted by molar-refractivity contribution is 5.86. The van der Waals surface area contributed by atoms with Crippen LogP contribution in [-0.2, 0) is 47.4 Å². The van der Waals surface area contributed by atoms with Gasteiger partial charge in [-0.2, -0.15) is 0 Å². The van der Waals surface area contributed by atoms with Gasteiger partial charge in [-0.15, -0.1) is 0 Å². The van der Waals surface area contributed by atoms with E-state index in [0.29, 0.717) is 105 Å². The third kappa shape index (κ3) is 25.5. The zero-order valence-corrected chi connectivity index (χ0v) is 21.4. The van der Waals surface area contributed by atoms with Crippen molar-refractivity contribution in [2.75, 3.05) is 106 Å². The van der Waals surface area contributed by atoms with Gasteiger partial charge in [0.2, 0.25) is 0 Å². The van der Waals surface area contributed by atoms with Gasteiger partial charge in [0, 0.05) is 5.57 Å². The molecule has 10 nitrogen and oxygen atoms in total. The van der Waals surface area contributed by atoms with Gasteiger partial charge < -0.3 is 42.6 Å². The highest BCUT2D eigenvalue weighted by Crippen LogP contribution is 1.95. The molecular formula is C24H46O10. The molecule has 0 rings (SSSR count). The lowest BCUT2D eigenvalue weighted by atomic mass is 10.3. The smallest absolute Gasteiger partial charge is 0.333 e. The van der Waals surface area contributed by atoms with E-state index >= 15 is 0 Å². The third-order valence-corrected chi connectivity index (χ3v) is 4.25. The molecular weight excluding hydrogens is 448 g/mol. The van der Waals surface area contributed by atoms with Gasteiger partial charge in [0.25, 0.3) is 0 Å². The van der Waals surface area contributed by atoms with Crippen LogP contribution in [0.4, 0.5) is 0 Å². The molecule has 10 heteroatoms. The van der Waals surface area contributed by atoms with Crippen LogP contribution < -0.4 is 0 Å². The van der Waals surface area contributed by atoms with Crippen molar-refractivity contribution in [2.24, 2.45) is 0 Å². The molecule has 0 fully saturated rings. The van der Waals surface area contributed by atoms with E-state index in [2.05, 4.69) is 20.4 Å². The predicted octanol–water partition coefficient (Wildman–Crippen LogP) is 2.04. The first-order valence-corrected chi connectivity index (χ1v) is 12.1. The van der Waals surface area contributed by atoms with Crippen molar-refractivity contribution in [1.82, 2.24) is 0 Å². The molecule has 0 aliphatic heterocycles. The Kier molecular flexibility index (Phi) is 25.6. The fourth-order valence-electron chi connectivity index (χ4n) is 2.16. The van der Waals surface area contributed by atoms with Crippen LogP contribution in [0, 0.1) is 0 Å². The van der Waals surface area contributed by atoms with Crippen molar-refractivity contribution in [2.45, 2.75) is 33.3 Å². The summed E-state index contributed by atoms with van der Waals surface area (Å²) in [5, 5.41) is 0. The molecule has 1 atom stereocenters. The van der Waals surface area contributed by atoms with Gasteiger partial charge in [-0.3, -0.25) is 0 Å². The maximum absolute atomic E-state index is 11.1. The van der Waals surface area contributed by atoms with Gasteiger partial charge in [-0.05, 0) is 20.3 Å². The fourth-order valence-corrected chi connectivity index (χ4v) is 2.16. The second-order valence-corrected chi connectivity index (χ2v) is 7.29. The quantitative estimate of drug-likeness (QED) is 0.0958. The Hall–Kier alpha value is -1.11. The zero-order valence-electron chi connectivity index (χ0n) is 21.4. The van der Waals surface area contributed by atoms with Crippen LogP contribution in [0.5, 0.6) is 0 Å². The maximum atomic E-state index is 11.1. The Morgan fingerprint density at radius 3 is 1.18 bits per heavy atom. The summed E-state index contributed by atoms with van der Waals surface area (Å²) in [6, 6.07) is 0. The summed E-state index contributed by atoms with van der Waals surface area (Å²) in [5.74, 6) is -0.407. The molecule has 0 amide bonds. The Balaban J connectivity index is 3.08. The van der Waals surface area contributed by atoms with E-state index in [4.69, 9.17) is 42.6 Å². The van der Waals surface area contributed by atoms with Crippen molar-refractivity contribution < 1.29 is 47.4 Å². The molecule has 0 aliphatic carbocycles. The number of carbonyl (C=O) groups excluding carboxylic acids is 1. The second kappa shape index (κ2) is 26.5. The Morgan fingerprint density at radius 2 is 0.882 bits per heavy atom. The summed E-state index contributed by atoms with van der Waals surface area (Å²) in [4.78, 5) is 11.1. The average molecular weight is 495 g/mol. The van der Waals surface area contributed by atoms with E-state index in [1.165, 1.54) is 0 Å². The summed E-state index contributed by atoms with van der Waals surface area (Å²) >= 11 is 0. The van der Waals surface area contributed by atoms with Crippen molar-refractivity contribution in [3.63, 3.8) is 0 Å². The lowest BCUT2D eigenvalue weighted by molar-refractivity contribution is -0.140. The molecule has 0 saturated carbocycles. The molecule has 0 spiro atoms. The van der Waals surface area contributed by atoms with Gasteiger partial charge >= 0.3 is 5.97 Å².